The monoisotopic (exact) mass is 290 g/mol. The van der Waals surface area contributed by atoms with E-state index in [2.05, 4.69) is 15.6 Å². The Balaban J connectivity index is 0.00000112. The molecule has 82 valence electrons. The smallest absolute Gasteiger partial charge is 0.466 e. The maximum Gasteiger partial charge on any atom is 1.00 e. The zero-order valence-electron chi connectivity index (χ0n) is 10.0. The Kier molecular flexibility index (Phi) is 7.85. The summed E-state index contributed by atoms with van der Waals surface area (Å²) in [7, 11) is 1.62. The topological polar surface area (TPSA) is 54.0 Å². The zero-order valence-corrected chi connectivity index (χ0v) is 14.9. The van der Waals surface area contributed by atoms with Gasteiger partial charge in [0.1, 0.15) is 0 Å². The minimum Gasteiger partial charge on any atom is -0.466 e. The predicted molar refractivity (Wildman–Crippen MR) is 58.9 cm³/mol. The Hall–Kier alpha value is 0.385. The average molecular weight is 291 g/mol. The SMILES string of the molecule is CNC(=O)c1cnc2c(c1)CN[CH-]C2.[CH3-].[Rb+]. The van der Waals surface area contributed by atoms with E-state index in [9.17, 15) is 4.79 Å². The Bertz CT molecular complexity index is 368. The van der Waals surface area contributed by atoms with Gasteiger partial charge in [0.25, 0.3) is 5.91 Å². The molecule has 2 rings (SSSR count). The molecule has 1 aliphatic rings. The normalized spacial score (nSPS) is 12.8. The summed E-state index contributed by atoms with van der Waals surface area (Å²) in [5.74, 6) is -0.0881. The quantitative estimate of drug-likeness (QED) is 0.572. The maximum absolute atomic E-state index is 11.3. The minimum absolute atomic E-state index is 0. The standard InChI is InChI=1S/C10H12N3O.CH3.Rb/c1-11-10(14)8-4-7-5-12-3-2-9(7)13-6-8;;/h3-4,6,12H,2,5H2,1H3,(H,11,14);1H3;/q2*-1;+1. The largest absolute Gasteiger partial charge is 1.00 e. The first-order valence-electron chi connectivity index (χ1n) is 4.56. The van der Waals surface area contributed by atoms with E-state index in [0.29, 0.717) is 5.56 Å². The third kappa shape index (κ3) is 3.70. The molecule has 0 saturated carbocycles. The van der Waals surface area contributed by atoms with Crippen LogP contribution in [0.4, 0.5) is 0 Å². The van der Waals surface area contributed by atoms with Crippen molar-refractivity contribution in [2.75, 3.05) is 7.05 Å². The van der Waals surface area contributed by atoms with Crippen LogP contribution in [0, 0.1) is 14.0 Å². The Morgan fingerprint density at radius 3 is 3.06 bits per heavy atom. The summed E-state index contributed by atoms with van der Waals surface area (Å²) < 4.78 is 0. The molecule has 1 aromatic heterocycles. The first kappa shape index (κ1) is 16.4. The number of amides is 1. The van der Waals surface area contributed by atoms with Crippen LogP contribution in [-0.4, -0.2) is 17.9 Å². The van der Waals surface area contributed by atoms with Gasteiger partial charge in [0.05, 0.1) is 5.56 Å². The minimum atomic E-state index is -0.0881. The first-order chi connectivity index (χ1) is 6.81. The molecule has 16 heavy (non-hydrogen) atoms. The molecule has 0 radical (unpaired) electrons. The van der Waals surface area contributed by atoms with E-state index in [1.807, 2.05) is 12.6 Å². The number of nitrogens with zero attached hydrogens (tertiary/aromatic N) is 1. The number of hydrogen-bond donors (Lipinski definition) is 2. The second kappa shape index (κ2) is 7.66. The first-order valence-corrected chi connectivity index (χ1v) is 4.56. The van der Waals surface area contributed by atoms with E-state index in [4.69, 9.17) is 0 Å². The summed E-state index contributed by atoms with van der Waals surface area (Å²) in [5.41, 5.74) is 2.78. The van der Waals surface area contributed by atoms with Crippen molar-refractivity contribution < 1.29 is 63.0 Å². The van der Waals surface area contributed by atoms with Gasteiger partial charge in [-0.3, -0.25) is 16.3 Å². The van der Waals surface area contributed by atoms with Gasteiger partial charge in [-0.2, -0.15) is 0 Å². The summed E-state index contributed by atoms with van der Waals surface area (Å²) in [6.45, 7) is 2.74. The Morgan fingerprint density at radius 2 is 2.38 bits per heavy atom. The van der Waals surface area contributed by atoms with E-state index in [1.165, 1.54) is 0 Å². The molecule has 2 N–H and O–H groups in total. The van der Waals surface area contributed by atoms with Crippen molar-refractivity contribution in [1.82, 2.24) is 15.6 Å². The molecule has 0 spiro atoms. The van der Waals surface area contributed by atoms with Crippen LogP contribution in [0.25, 0.3) is 0 Å². The molecule has 4 nitrogen and oxygen atoms in total. The molecule has 0 atom stereocenters. The summed E-state index contributed by atoms with van der Waals surface area (Å²) in [5, 5.41) is 5.71. The molecule has 5 heteroatoms. The van der Waals surface area contributed by atoms with Gasteiger partial charge in [-0.1, -0.05) is 0 Å². The number of carbonyl (C=O) groups excluding carboxylic acids is 1. The van der Waals surface area contributed by atoms with Crippen LogP contribution in [0.5, 0.6) is 0 Å². The van der Waals surface area contributed by atoms with Gasteiger partial charge in [0.15, 0.2) is 0 Å². The molecule has 0 fully saturated rings. The van der Waals surface area contributed by atoms with Crippen molar-refractivity contribution in [2.24, 2.45) is 0 Å². The third-order valence-corrected chi connectivity index (χ3v) is 2.28. The van der Waals surface area contributed by atoms with E-state index >= 15 is 0 Å². The van der Waals surface area contributed by atoms with Crippen molar-refractivity contribution >= 4 is 5.91 Å². The van der Waals surface area contributed by atoms with Crippen LogP contribution in [0.3, 0.4) is 0 Å². The number of pyridine rings is 1. The van der Waals surface area contributed by atoms with Crippen molar-refractivity contribution in [1.29, 1.82) is 0 Å². The molecule has 0 aromatic carbocycles. The molecule has 2 heterocycles. The maximum atomic E-state index is 11.3. The number of hydrogen-bond acceptors (Lipinski definition) is 3. The van der Waals surface area contributed by atoms with Crippen LogP contribution in [0.15, 0.2) is 12.3 Å². The van der Waals surface area contributed by atoms with Crippen molar-refractivity contribution in [3.05, 3.63) is 43.1 Å². The fourth-order valence-corrected chi connectivity index (χ4v) is 1.49. The average Bonchev–Trinajstić information content (AvgIpc) is 2.27. The van der Waals surface area contributed by atoms with Crippen molar-refractivity contribution in [3.8, 4) is 0 Å². The molecule has 1 aliphatic heterocycles. The van der Waals surface area contributed by atoms with Gasteiger partial charge in [0.2, 0.25) is 0 Å². The number of fused-ring (bicyclic) bond motifs is 1. The zero-order chi connectivity index (χ0) is 9.97. The second-order valence-corrected chi connectivity index (χ2v) is 3.20. The Labute approximate surface area is 145 Å². The van der Waals surface area contributed by atoms with Crippen molar-refractivity contribution in [3.63, 3.8) is 0 Å². The fraction of sp³-hybridized carbons (Fsp3) is 0.273. The van der Waals surface area contributed by atoms with Crippen LogP contribution < -0.4 is 68.8 Å². The summed E-state index contributed by atoms with van der Waals surface area (Å²) in [6.07, 6.45) is 2.44. The van der Waals surface area contributed by atoms with Gasteiger partial charge in [-0.25, -0.2) is 0 Å². The Morgan fingerprint density at radius 1 is 1.62 bits per heavy atom. The fourth-order valence-electron chi connectivity index (χ4n) is 1.49. The van der Waals surface area contributed by atoms with Gasteiger partial charge in [-0.05, 0) is 18.2 Å². The number of rotatable bonds is 1. The third-order valence-electron chi connectivity index (χ3n) is 2.28. The van der Waals surface area contributed by atoms with E-state index in [1.54, 1.807) is 13.2 Å². The molecular formula is C11H15N3ORb-. The number of carbonyl (C=O) groups is 1. The van der Waals surface area contributed by atoms with Gasteiger partial charge < -0.3 is 18.1 Å². The van der Waals surface area contributed by atoms with Gasteiger partial charge in [0, 0.05) is 18.9 Å². The van der Waals surface area contributed by atoms with Gasteiger partial charge >= 0.3 is 58.2 Å². The van der Waals surface area contributed by atoms with Crippen LogP contribution in [-0.2, 0) is 13.0 Å². The van der Waals surface area contributed by atoms with E-state index in [-0.39, 0.29) is 71.5 Å². The van der Waals surface area contributed by atoms with Crippen LogP contribution in [0.2, 0.25) is 0 Å². The van der Waals surface area contributed by atoms with E-state index < -0.39 is 0 Å². The predicted octanol–water partition coefficient (Wildman–Crippen LogP) is -2.30. The second-order valence-electron chi connectivity index (χ2n) is 3.20. The van der Waals surface area contributed by atoms with Crippen LogP contribution in [0.1, 0.15) is 21.6 Å². The molecule has 0 unspecified atom stereocenters. The summed E-state index contributed by atoms with van der Waals surface area (Å²) in [6, 6.07) is 1.89. The van der Waals surface area contributed by atoms with E-state index in [0.717, 1.165) is 24.2 Å². The number of aromatic nitrogens is 1. The molecule has 0 saturated heterocycles. The molecule has 1 amide bonds. The molecule has 0 aliphatic carbocycles. The molecule has 0 bridgehead atoms. The van der Waals surface area contributed by atoms with Gasteiger partial charge in [-0.15, -0.1) is 6.42 Å². The van der Waals surface area contributed by atoms with Crippen molar-refractivity contribution in [2.45, 2.75) is 13.0 Å². The summed E-state index contributed by atoms with van der Waals surface area (Å²) >= 11 is 0. The number of nitrogens with one attached hydrogen (secondary N) is 2. The summed E-state index contributed by atoms with van der Waals surface area (Å²) in [4.78, 5) is 15.6. The molecule has 1 aromatic rings. The molecular weight excluding hydrogens is 276 g/mol. The van der Waals surface area contributed by atoms with Crippen LogP contribution >= 0.6 is 0 Å².